The summed E-state index contributed by atoms with van der Waals surface area (Å²) < 4.78 is 19.0. The Bertz CT molecular complexity index is 825. The van der Waals surface area contributed by atoms with Crippen LogP contribution in [-0.4, -0.2) is 40.6 Å². The number of H-pyrrole nitrogens is 1. The van der Waals surface area contributed by atoms with Gasteiger partial charge in [0.15, 0.2) is 0 Å². The van der Waals surface area contributed by atoms with Crippen LogP contribution < -0.4 is 11.2 Å². The minimum atomic E-state index is -0.822. The van der Waals surface area contributed by atoms with E-state index in [0.717, 1.165) is 16.7 Å². The molecule has 0 aliphatic rings. The molecule has 2 N–H and O–H groups in total. The van der Waals surface area contributed by atoms with Crippen LogP contribution in [0.15, 0.2) is 38.8 Å². The van der Waals surface area contributed by atoms with Crippen molar-refractivity contribution >= 4 is 6.21 Å². The van der Waals surface area contributed by atoms with Gasteiger partial charge in [-0.15, -0.1) is 0 Å². The smallest absolute Gasteiger partial charge is 0.335 e. The predicted molar refractivity (Wildman–Crippen MR) is 87.9 cm³/mol. The van der Waals surface area contributed by atoms with E-state index in [1.807, 2.05) is 6.92 Å². The lowest BCUT2D eigenvalue weighted by molar-refractivity contribution is 0.146. The summed E-state index contributed by atoms with van der Waals surface area (Å²) in [5.41, 5.74) is -1.49. The molecule has 2 aromatic rings. The molecular weight excluding hydrogens is 317 g/mol. The van der Waals surface area contributed by atoms with E-state index in [1.54, 1.807) is 0 Å². The van der Waals surface area contributed by atoms with Crippen LogP contribution in [0, 0.1) is 5.82 Å². The van der Waals surface area contributed by atoms with Crippen molar-refractivity contribution < 1.29 is 14.2 Å². The quantitative estimate of drug-likeness (QED) is 0.587. The standard InChI is InChI=1S/C16H18FN3O4/c1-2-24-9-3-8-18-10-13-14(21)19-16(23)20(15(13)22)12-6-4-11(17)5-7-12/h4-7,10,22H,2-3,8-9H2,1H3,(H,19,21,23). The van der Waals surface area contributed by atoms with Crippen molar-refractivity contribution in [3.05, 3.63) is 56.5 Å². The van der Waals surface area contributed by atoms with Gasteiger partial charge < -0.3 is 9.84 Å². The van der Waals surface area contributed by atoms with Gasteiger partial charge in [-0.25, -0.2) is 13.8 Å². The van der Waals surface area contributed by atoms with E-state index in [9.17, 15) is 19.1 Å². The van der Waals surface area contributed by atoms with Crippen LogP contribution in [-0.2, 0) is 4.74 Å². The minimum Gasteiger partial charge on any atom is -0.493 e. The molecule has 1 aromatic heterocycles. The van der Waals surface area contributed by atoms with E-state index in [-0.39, 0.29) is 11.3 Å². The molecule has 128 valence electrons. The lowest BCUT2D eigenvalue weighted by Crippen LogP contribution is -2.31. The average molecular weight is 335 g/mol. The highest BCUT2D eigenvalue weighted by Crippen LogP contribution is 2.15. The van der Waals surface area contributed by atoms with Gasteiger partial charge in [-0.05, 0) is 37.6 Å². The zero-order chi connectivity index (χ0) is 17.5. The second-order valence-corrected chi connectivity index (χ2v) is 4.89. The Balaban J connectivity index is 2.31. The second-order valence-electron chi connectivity index (χ2n) is 4.89. The molecule has 0 bridgehead atoms. The van der Waals surface area contributed by atoms with Crippen LogP contribution in [0.25, 0.3) is 5.69 Å². The van der Waals surface area contributed by atoms with Gasteiger partial charge in [0.25, 0.3) is 5.56 Å². The Morgan fingerprint density at radius 2 is 2.04 bits per heavy atom. The SMILES string of the molecule is CCOCCCN=Cc1c(O)n(-c2ccc(F)cc2)c(=O)[nH]c1=O. The summed E-state index contributed by atoms with van der Waals surface area (Å²) in [5.74, 6) is -1.03. The summed E-state index contributed by atoms with van der Waals surface area (Å²) in [7, 11) is 0. The highest BCUT2D eigenvalue weighted by atomic mass is 19.1. The molecule has 0 fully saturated rings. The number of benzene rings is 1. The predicted octanol–water partition coefficient (Wildman–Crippen LogP) is 1.22. The van der Waals surface area contributed by atoms with Gasteiger partial charge in [-0.2, -0.15) is 0 Å². The lowest BCUT2D eigenvalue weighted by atomic mass is 10.3. The van der Waals surface area contributed by atoms with Crippen LogP contribution in [0.1, 0.15) is 18.9 Å². The minimum absolute atomic E-state index is 0.143. The number of rotatable bonds is 7. The van der Waals surface area contributed by atoms with Gasteiger partial charge in [0.05, 0.1) is 5.69 Å². The number of aromatic nitrogens is 2. The molecule has 0 unspecified atom stereocenters. The average Bonchev–Trinajstić information content (AvgIpc) is 2.55. The molecule has 8 heteroatoms. The molecule has 7 nitrogen and oxygen atoms in total. The Hall–Kier alpha value is -2.74. The topological polar surface area (TPSA) is 96.7 Å². The third-order valence-electron chi connectivity index (χ3n) is 3.21. The van der Waals surface area contributed by atoms with Crippen LogP contribution in [0.5, 0.6) is 5.88 Å². The summed E-state index contributed by atoms with van der Waals surface area (Å²) in [6.07, 6.45) is 1.88. The van der Waals surface area contributed by atoms with Crippen molar-refractivity contribution in [1.82, 2.24) is 9.55 Å². The van der Waals surface area contributed by atoms with Crippen LogP contribution in [0.4, 0.5) is 4.39 Å². The van der Waals surface area contributed by atoms with Crippen molar-refractivity contribution in [1.29, 1.82) is 0 Å². The highest BCUT2D eigenvalue weighted by Gasteiger charge is 2.14. The summed E-state index contributed by atoms with van der Waals surface area (Å²) in [6.45, 7) is 3.46. The molecule has 2 rings (SSSR count). The van der Waals surface area contributed by atoms with Crippen molar-refractivity contribution in [3.8, 4) is 11.6 Å². The molecule has 0 saturated carbocycles. The fourth-order valence-corrected chi connectivity index (χ4v) is 2.04. The van der Waals surface area contributed by atoms with Crippen LogP contribution >= 0.6 is 0 Å². The first-order valence-corrected chi connectivity index (χ1v) is 7.46. The van der Waals surface area contributed by atoms with E-state index in [2.05, 4.69) is 9.98 Å². The van der Waals surface area contributed by atoms with Gasteiger partial charge in [0, 0.05) is 26.0 Å². The third kappa shape index (κ3) is 4.17. The second kappa shape index (κ2) is 8.21. The van der Waals surface area contributed by atoms with E-state index in [4.69, 9.17) is 4.74 Å². The number of aromatic hydroxyl groups is 1. The number of ether oxygens (including phenoxy) is 1. The molecule has 1 aromatic carbocycles. The summed E-state index contributed by atoms with van der Waals surface area (Å²) in [5, 5.41) is 10.2. The summed E-state index contributed by atoms with van der Waals surface area (Å²) in [4.78, 5) is 30.0. The number of aliphatic imine (C=N–C) groups is 1. The molecule has 1 heterocycles. The number of nitrogens with zero attached hydrogens (tertiary/aromatic N) is 2. The van der Waals surface area contributed by atoms with Gasteiger partial charge in [-0.3, -0.25) is 14.8 Å². The van der Waals surface area contributed by atoms with Crippen molar-refractivity contribution in [2.24, 2.45) is 4.99 Å². The number of halogens is 1. The maximum atomic E-state index is 13.0. The summed E-state index contributed by atoms with van der Waals surface area (Å²) in [6, 6.07) is 4.93. The Morgan fingerprint density at radius 1 is 1.33 bits per heavy atom. The van der Waals surface area contributed by atoms with E-state index >= 15 is 0 Å². The van der Waals surface area contributed by atoms with E-state index < -0.39 is 22.9 Å². The molecule has 0 amide bonds. The number of nitrogens with one attached hydrogen (secondary N) is 1. The third-order valence-corrected chi connectivity index (χ3v) is 3.21. The summed E-state index contributed by atoms with van der Waals surface area (Å²) >= 11 is 0. The number of hydrogen-bond donors (Lipinski definition) is 2. The van der Waals surface area contributed by atoms with Gasteiger partial charge in [-0.1, -0.05) is 0 Å². The Morgan fingerprint density at radius 3 is 2.71 bits per heavy atom. The maximum Gasteiger partial charge on any atom is 0.335 e. The largest absolute Gasteiger partial charge is 0.493 e. The molecule has 0 saturated heterocycles. The highest BCUT2D eigenvalue weighted by molar-refractivity contribution is 5.82. The Labute approximate surface area is 137 Å². The molecule has 0 spiro atoms. The van der Waals surface area contributed by atoms with Crippen molar-refractivity contribution in [2.45, 2.75) is 13.3 Å². The fourth-order valence-electron chi connectivity index (χ4n) is 2.04. The maximum absolute atomic E-state index is 13.0. The number of aromatic amines is 1. The van der Waals surface area contributed by atoms with Gasteiger partial charge in [0.1, 0.15) is 11.4 Å². The van der Waals surface area contributed by atoms with Gasteiger partial charge >= 0.3 is 5.69 Å². The molecule has 24 heavy (non-hydrogen) atoms. The normalized spacial score (nSPS) is 11.2. The molecule has 0 radical (unpaired) electrons. The first-order valence-electron chi connectivity index (χ1n) is 7.46. The lowest BCUT2D eigenvalue weighted by Gasteiger charge is -2.09. The molecule has 0 aliphatic heterocycles. The monoisotopic (exact) mass is 335 g/mol. The fraction of sp³-hybridized carbons (Fsp3) is 0.312. The first-order chi connectivity index (χ1) is 11.5. The zero-order valence-electron chi connectivity index (χ0n) is 13.2. The number of hydrogen-bond acceptors (Lipinski definition) is 5. The van der Waals surface area contributed by atoms with E-state index in [1.165, 1.54) is 18.3 Å². The molecular formula is C16H18FN3O4. The Kier molecular flexibility index (Phi) is 6.02. The van der Waals surface area contributed by atoms with Gasteiger partial charge in [0.2, 0.25) is 5.88 Å². The molecule has 0 atom stereocenters. The molecule has 0 aliphatic carbocycles. The van der Waals surface area contributed by atoms with Crippen molar-refractivity contribution in [3.63, 3.8) is 0 Å². The van der Waals surface area contributed by atoms with E-state index in [0.29, 0.717) is 26.2 Å². The van der Waals surface area contributed by atoms with Crippen molar-refractivity contribution in [2.75, 3.05) is 19.8 Å². The van der Waals surface area contributed by atoms with Crippen LogP contribution in [0.3, 0.4) is 0 Å². The van der Waals surface area contributed by atoms with Crippen LogP contribution in [0.2, 0.25) is 0 Å². The zero-order valence-corrected chi connectivity index (χ0v) is 13.2. The first kappa shape index (κ1) is 17.6.